The number of carbonyl (C=O) groups is 2. The van der Waals surface area contributed by atoms with Crippen LogP contribution in [0.4, 0.5) is 10.1 Å². The first-order chi connectivity index (χ1) is 17.6. The fourth-order valence-electron chi connectivity index (χ4n) is 4.51. The molecule has 3 rings (SSSR count). The monoisotopic (exact) mass is 533 g/mol. The summed E-state index contributed by atoms with van der Waals surface area (Å²) in [5.74, 6) is -0.276. The molecule has 1 N–H and O–H groups in total. The summed E-state index contributed by atoms with van der Waals surface area (Å²) in [4.78, 5) is 27.8. The Morgan fingerprint density at radius 3 is 2.27 bits per heavy atom. The van der Waals surface area contributed by atoms with Crippen molar-refractivity contribution in [1.29, 1.82) is 0 Å². The number of ether oxygens (including phenoxy) is 1. The minimum atomic E-state index is -3.58. The van der Waals surface area contributed by atoms with Crippen LogP contribution in [0.15, 0.2) is 48.5 Å². The van der Waals surface area contributed by atoms with Gasteiger partial charge in [-0.15, -0.1) is 0 Å². The molecule has 8 nitrogen and oxygen atoms in total. The standard InChI is InChI=1S/C27H36FN3O5S/c1-20(27(33)29-23-7-4-5-8-23)30(19-21-10-12-22(28)13-11-21)26(32)9-6-18-31(37(3,34)35)24-14-16-25(36-2)17-15-24/h10-17,20,23H,4-9,18-19H2,1-3H3,(H,29,33). The lowest BCUT2D eigenvalue weighted by Gasteiger charge is -2.30. The molecule has 1 saturated carbocycles. The molecule has 0 saturated heterocycles. The van der Waals surface area contributed by atoms with E-state index < -0.39 is 16.1 Å². The molecule has 0 radical (unpaired) electrons. The van der Waals surface area contributed by atoms with Crippen LogP contribution in [-0.4, -0.2) is 57.1 Å². The lowest BCUT2D eigenvalue weighted by atomic mass is 10.1. The number of halogens is 1. The summed E-state index contributed by atoms with van der Waals surface area (Å²) in [6.45, 7) is 1.93. The van der Waals surface area contributed by atoms with E-state index in [-0.39, 0.29) is 49.6 Å². The van der Waals surface area contributed by atoms with Gasteiger partial charge in [-0.25, -0.2) is 12.8 Å². The second-order valence-corrected chi connectivity index (χ2v) is 11.4. The van der Waals surface area contributed by atoms with Crippen LogP contribution >= 0.6 is 0 Å². The van der Waals surface area contributed by atoms with Gasteiger partial charge in [0.25, 0.3) is 0 Å². The number of anilines is 1. The summed E-state index contributed by atoms with van der Waals surface area (Å²) >= 11 is 0. The number of nitrogens with zero attached hydrogens (tertiary/aromatic N) is 2. The molecule has 0 aromatic heterocycles. The van der Waals surface area contributed by atoms with Crippen molar-refractivity contribution in [2.75, 3.05) is 24.2 Å². The van der Waals surface area contributed by atoms with Gasteiger partial charge in [-0.2, -0.15) is 0 Å². The molecule has 1 atom stereocenters. The Bertz CT molecular complexity index is 1150. The summed E-state index contributed by atoms with van der Waals surface area (Å²) < 4.78 is 44.7. The molecule has 1 fully saturated rings. The van der Waals surface area contributed by atoms with Crippen molar-refractivity contribution >= 4 is 27.5 Å². The largest absolute Gasteiger partial charge is 0.497 e. The molecule has 2 amide bonds. The van der Waals surface area contributed by atoms with Crippen LogP contribution in [0.3, 0.4) is 0 Å². The highest BCUT2D eigenvalue weighted by Gasteiger charge is 2.28. The predicted molar refractivity (Wildman–Crippen MR) is 141 cm³/mol. The number of sulfonamides is 1. The zero-order chi connectivity index (χ0) is 27.0. The van der Waals surface area contributed by atoms with E-state index in [4.69, 9.17) is 4.74 Å². The second kappa shape index (κ2) is 12.9. The van der Waals surface area contributed by atoms with Crippen LogP contribution in [0, 0.1) is 5.82 Å². The quantitative estimate of drug-likeness (QED) is 0.447. The van der Waals surface area contributed by atoms with Gasteiger partial charge in [0.15, 0.2) is 0 Å². The number of hydrogen-bond donors (Lipinski definition) is 1. The van der Waals surface area contributed by atoms with Crippen LogP contribution in [0.25, 0.3) is 0 Å². The van der Waals surface area contributed by atoms with Gasteiger partial charge in [0.2, 0.25) is 21.8 Å². The Kier molecular flexibility index (Phi) is 9.91. The smallest absolute Gasteiger partial charge is 0.242 e. The van der Waals surface area contributed by atoms with Crippen molar-refractivity contribution in [1.82, 2.24) is 10.2 Å². The normalized spacial score (nSPS) is 14.7. The Morgan fingerprint density at radius 1 is 1.08 bits per heavy atom. The Morgan fingerprint density at radius 2 is 1.70 bits per heavy atom. The van der Waals surface area contributed by atoms with Crippen molar-refractivity contribution in [3.05, 3.63) is 59.9 Å². The molecule has 10 heteroatoms. The van der Waals surface area contributed by atoms with Crippen LogP contribution in [0.1, 0.15) is 51.0 Å². The zero-order valence-electron chi connectivity index (χ0n) is 21.7. The Balaban J connectivity index is 1.70. The number of carbonyl (C=O) groups excluding carboxylic acids is 2. The summed E-state index contributed by atoms with van der Waals surface area (Å²) in [5.41, 5.74) is 1.18. The fraction of sp³-hybridized carbons (Fsp3) is 0.481. The van der Waals surface area contributed by atoms with E-state index in [1.54, 1.807) is 43.3 Å². The SMILES string of the molecule is COc1ccc(N(CCCC(=O)N(Cc2ccc(F)cc2)C(C)C(=O)NC2CCCC2)S(C)(=O)=O)cc1. The average Bonchev–Trinajstić information content (AvgIpc) is 3.38. The third kappa shape index (κ3) is 8.18. The van der Waals surface area contributed by atoms with Crippen LogP contribution < -0.4 is 14.4 Å². The Hall–Kier alpha value is -3.14. The molecule has 2 aromatic carbocycles. The summed E-state index contributed by atoms with van der Waals surface area (Å²) in [6.07, 6.45) is 5.42. The minimum absolute atomic E-state index is 0.0460. The third-order valence-electron chi connectivity index (χ3n) is 6.65. The highest BCUT2D eigenvalue weighted by molar-refractivity contribution is 7.92. The maximum absolute atomic E-state index is 13.4. The molecule has 0 bridgehead atoms. The first kappa shape index (κ1) is 28.4. The molecule has 2 aromatic rings. The number of rotatable bonds is 12. The van der Waals surface area contributed by atoms with Crippen LogP contribution in [-0.2, 0) is 26.2 Å². The topological polar surface area (TPSA) is 96.0 Å². The molecule has 0 aliphatic heterocycles. The van der Waals surface area contributed by atoms with Gasteiger partial charge in [0.1, 0.15) is 17.6 Å². The minimum Gasteiger partial charge on any atom is -0.497 e. The van der Waals surface area contributed by atoms with Crippen LogP contribution in [0.5, 0.6) is 5.75 Å². The van der Waals surface area contributed by atoms with Crippen molar-refractivity contribution in [3.63, 3.8) is 0 Å². The van der Waals surface area contributed by atoms with E-state index in [0.29, 0.717) is 17.0 Å². The van der Waals surface area contributed by atoms with Crippen molar-refractivity contribution in [3.8, 4) is 5.75 Å². The van der Waals surface area contributed by atoms with E-state index in [1.165, 1.54) is 28.4 Å². The lowest BCUT2D eigenvalue weighted by Crippen LogP contribution is -2.49. The van der Waals surface area contributed by atoms with Gasteiger partial charge in [-0.05, 0) is 68.1 Å². The maximum Gasteiger partial charge on any atom is 0.242 e. The molecule has 0 heterocycles. The van der Waals surface area contributed by atoms with Crippen molar-refractivity contribution < 1.29 is 27.1 Å². The highest BCUT2D eigenvalue weighted by Crippen LogP contribution is 2.23. The summed E-state index contributed by atoms with van der Waals surface area (Å²) in [5, 5.41) is 3.04. The molecule has 1 aliphatic rings. The maximum atomic E-state index is 13.4. The van der Waals surface area contributed by atoms with Gasteiger partial charge in [-0.1, -0.05) is 25.0 Å². The molecule has 1 aliphatic carbocycles. The first-order valence-electron chi connectivity index (χ1n) is 12.5. The summed E-state index contributed by atoms with van der Waals surface area (Å²) in [6, 6.07) is 11.9. The third-order valence-corrected chi connectivity index (χ3v) is 7.84. The van der Waals surface area contributed by atoms with Gasteiger partial charge in [-0.3, -0.25) is 13.9 Å². The summed E-state index contributed by atoms with van der Waals surface area (Å²) in [7, 11) is -2.05. The first-order valence-corrected chi connectivity index (χ1v) is 14.4. The van der Waals surface area contributed by atoms with E-state index in [9.17, 15) is 22.4 Å². The molecule has 202 valence electrons. The lowest BCUT2D eigenvalue weighted by molar-refractivity contribution is -0.141. The van der Waals surface area contributed by atoms with Crippen molar-refractivity contribution in [2.24, 2.45) is 0 Å². The van der Waals surface area contributed by atoms with E-state index in [2.05, 4.69) is 5.32 Å². The van der Waals surface area contributed by atoms with Crippen LogP contribution in [0.2, 0.25) is 0 Å². The number of nitrogens with one attached hydrogen (secondary N) is 1. The number of amides is 2. The van der Waals surface area contributed by atoms with Crippen molar-refractivity contribution in [2.45, 2.75) is 64.1 Å². The second-order valence-electron chi connectivity index (χ2n) is 9.45. The number of methoxy groups -OCH3 is 1. The Labute approximate surface area is 218 Å². The number of hydrogen-bond acceptors (Lipinski definition) is 5. The number of benzene rings is 2. The van der Waals surface area contributed by atoms with E-state index >= 15 is 0 Å². The van der Waals surface area contributed by atoms with E-state index in [1.807, 2.05) is 0 Å². The van der Waals surface area contributed by atoms with Gasteiger partial charge in [0, 0.05) is 25.6 Å². The molecule has 37 heavy (non-hydrogen) atoms. The highest BCUT2D eigenvalue weighted by atomic mass is 32.2. The molecule has 0 spiro atoms. The zero-order valence-corrected chi connectivity index (χ0v) is 22.5. The fourth-order valence-corrected chi connectivity index (χ4v) is 5.48. The predicted octanol–water partition coefficient (Wildman–Crippen LogP) is 3.86. The van der Waals surface area contributed by atoms with Gasteiger partial charge >= 0.3 is 0 Å². The molecular formula is C27H36FN3O5S. The van der Waals surface area contributed by atoms with E-state index in [0.717, 1.165) is 31.9 Å². The van der Waals surface area contributed by atoms with Gasteiger partial charge in [0.05, 0.1) is 19.1 Å². The molecule has 1 unspecified atom stereocenters. The average molecular weight is 534 g/mol. The molecular weight excluding hydrogens is 497 g/mol. The van der Waals surface area contributed by atoms with Gasteiger partial charge < -0.3 is 15.0 Å².